The van der Waals surface area contributed by atoms with Crippen LogP contribution in [0.3, 0.4) is 0 Å². The zero-order valence-electron chi connectivity index (χ0n) is 18.2. The fourth-order valence-corrected chi connectivity index (χ4v) is 4.54. The Labute approximate surface area is 192 Å². The summed E-state index contributed by atoms with van der Waals surface area (Å²) in [5.74, 6) is -0.218. The minimum Gasteiger partial charge on any atom is -0.493 e. The van der Waals surface area contributed by atoms with Crippen LogP contribution in [0.2, 0.25) is 0 Å². The average Bonchev–Trinajstić information content (AvgIpc) is 2.82. The molecule has 2 N–H and O–H groups in total. The van der Waals surface area contributed by atoms with Gasteiger partial charge in [-0.15, -0.1) is 0 Å². The zero-order valence-corrected chi connectivity index (χ0v) is 19.1. The van der Waals surface area contributed by atoms with Crippen molar-refractivity contribution < 1.29 is 27.1 Å². The molecule has 0 fully saturated rings. The molecule has 0 aliphatic carbocycles. The summed E-state index contributed by atoms with van der Waals surface area (Å²) in [7, 11) is -1.18. The molecule has 1 amide bonds. The van der Waals surface area contributed by atoms with Crippen molar-refractivity contribution in [3.05, 3.63) is 89.7 Å². The molecule has 0 heterocycles. The lowest BCUT2D eigenvalue weighted by Gasteiger charge is -2.22. The summed E-state index contributed by atoms with van der Waals surface area (Å²) in [4.78, 5) is 12.6. The number of para-hydroxylation sites is 1. The number of carbonyl (C=O) groups excluding carboxylic acids is 1. The van der Waals surface area contributed by atoms with E-state index in [0.29, 0.717) is 23.6 Å². The molecule has 0 aromatic heterocycles. The van der Waals surface area contributed by atoms with Gasteiger partial charge >= 0.3 is 0 Å². The van der Waals surface area contributed by atoms with Gasteiger partial charge in [-0.3, -0.25) is 4.79 Å². The summed E-state index contributed by atoms with van der Waals surface area (Å²) in [5.41, 5.74) is 1.34. The maximum atomic E-state index is 13.3. The van der Waals surface area contributed by atoms with Gasteiger partial charge in [0.15, 0.2) is 11.5 Å². The topological polar surface area (TPSA) is 93.7 Å². The second-order valence-electron chi connectivity index (χ2n) is 7.18. The van der Waals surface area contributed by atoms with Gasteiger partial charge in [0, 0.05) is 18.5 Å². The zero-order chi connectivity index (χ0) is 23.8. The summed E-state index contributed by atoms with van der Waals surface area (Å²) in [6.07, 6.45) is -0.198. The monoisotopic (exact) mass is 472 g/mol. The Kier molecular flexibility index (Phi) is 8.02. The van der Waals surface area contributed by atoms with E-state index in [1.54, 1.807) is 18.2 Å². The van der Waals surface area contributed by atoms with E-state index in [-0.39, 0.29) is 17.2 Å². The largest absolute Gasteiger partial charge is 0.493 e. The molecular weight excluding hydrogens is 447 g/mol. The van der Waals surface area contributed by atoms with Crippen LogP contribution in [0.1, 0.15) is 23.6 Å². The number of methoxy groups -OCH3 is 2. The van der Waals surface area contributed by atoms with Gasteiger partial charge in [0.05, 0.1) is 25.2 Å². The number of sulfonamides is 1. The predicted octanol–water partition coefficient (Wildman–Crippen LogP) is 3.57. The third-order valence-corrected chi connectivity index (χ3v) is 6.44. The van der Waals surface area contributed by atoms with Crippen LogP contribution in [-0.2, 0) is 21.4 Å². The van der Waals surface area contributed by atoms with Crippen molar-refractivity contribution in [2.45, 2.75) is 23.9 Å². The summed E-state index contributed by atoms with van der Waals surface area (Å²) in [6, 6.07) is 17.8. The number of rotatable bonds is 10. The van der Waals surface area contributed by atoms with Gasteiger partial charge in [-0.2, -0.15) is 0 Å². The maximum absolute atomic E-state index is 13.3. The number of nitrogens with one attached hydrogen (secondary N) is 2. The molecule has 174 valence electrons. The van der Waals surface area contributed by atoms with E-state index in [9.17, 15) is 17.6 Å². The Morgan fingerprint density at radius 2 is 1.64 bits per heavy atom. The van der Waals surface area contributed by atoms with Crippen molar-refractivity contribution in [1.82, 2.24) is 10.0 Å². The SMILES string of the molecule is COc1cccc(C(CC(=O)NCc2ccccc2)NS(=O)(=O)c2ccc(F)cc2)c1OC. The van der Waals surface area contributed by atoms with Crippen LogP contribution in [0, 0.1) is 5.82 Å². The highest BCUT2D eigenvalue weighted by atomic mass is 32.2. The molecule has 3 rings (SSSR count). The standard InChI is InChI=1S/C24H25FN2O5S/c1-31-22-10-6-9-20(24(22)32-2)21(15-23(28)26-16-17-7-4-3-5-8-17)27-33(29,30)19-13-11-18(25)12-14-19/h3-14,21,27H,15-16H2,1-2H3,(H,26,28). The highest BCUT2D eigenvalue weighted by Gasteiger charge is 2.27. The first-order valence-electron chi connectivity index (χ1n) is 10.1. The van der Waals surface area contributed by atoms with E-state index in [1.165, 1.54) is 14.2 Å². The number of ether oxygens (including phenoxy) is 2. The van der Waals surface area contributed by atoms with Crippen molar-refractivity contribution in [1.29, 1.82) is 0 Å². The van der Waals surface area contributed by atoms with E-state index >= 15 is 0 Å². The summed E-state index contributed by atoms with van der Waals surface area (Å²) >= 11 is 0. The highest BCUT2D eigenvalue weighted by Crippen LogP contribution is 2.36. The molecule has 3 aromatic carbocycles. The Bertz CT molecular complexity index is 1190. The van der Waals surface area contributed by atoms with E-state index in [0.717, 1.165) is 29.8 Å². The minimum absolute atomic E-state index is 0.125. The first-order chi connectivity index (χ1) is 15.8. The van der Waals surface area contributed by atoms with Crippen molar-refractivity contribution in [2.75, 3.05) is 14.2 Å². The Morgan fingerprint density at radius 1 is 0.939 bits per heavy atom. The van der Waals surface area contributed by atoms with Gasteiger partial charge < -0.3 is 14.8 Å². The molecular formula is C24H25FN2O5S. The lowest BCUT2D eigenvalue weighted by Crippen LogP contribution is -2.34. The Morgan fingerprint density at radius 3 is 2.27 bits per heavy atom. The first kappa shape index (κ1) is 24.2. The van der Waals surface area contributed by atoms with Gasteiger partial charge in [0.1, 0.15) is 5.82 Å². The second-order valence-corrected chi connectivity index (χ2v) is 8.89. The van der Waals surface area contributed by atoms with Gasteiger partial charge in [0.2, 0.25) is 15.9 Å². The highest BCUT2D eigenvalue weighted by molar-refractivity contribution is 7.89. The molecule has 0 saturated heterocycles. The fraction of sp³-hybridized carbons (Fsp3) is 0.208. The lowest BCUT2D eigenvalue weighted by molar-refractivity contribution is -0.121. The Balaban J connectivity index is 1.89. The van der Waals surface area contributed by atoms with Crippen molar-refractivity contribution >= 4 is 15.9 Å². The quantitative estimate of drug-likeness (QED) is 0.471. The molecule has 0 bridgehead atoms. The van der Waals surface area contributed by atoms with Crippen LogP contribution >= 0.6 is 0 Å². The van der Waals surface area contributed by atoms with E-state index in [2.05, 4.69) is 10.0 Å². The Hall–Kier alpha value is -3.43. The number of hydrogen-bond acceptors (Lipinski definition) is 5. The molecule has 0 radical (unpaired) electrons. The predicted molar refractivity (Wildman–Crippen MR) is 122 cm³/mol. The number of benzene rings is 3. The van der Waals surface area contributed by atoms with Gasteiger partial charge in [-0.25, -0.2) is 17.5 Å². The van der Waals surface area contributed by atoms with Crippen LogP contribution in [0.5, 0.6) is 11.5 Å². The molecule has 3 aromatic rings. The van der Waals surface area contributed by atoms with Gasteiger partial charge in [-0.05, 0) is 35.9 Å². The van der Waals surface area contributed by atoms with Crippen LogP contribution in [0.25, 0.3) is 0 Å². The van der Waals surface area contributed by atoms with Crippen molar-refractivity contribution in [2.24, 2.45) is 0 Å². The molecule has 0 aliphatic heterocycles. The molecule has 9 heteroatoms. The number of hydrogen-bond donors (Lipinski definition) is 2. The minimum atomic E-state index is -4.07. The molecule has 0 saturated carbocycles. The molecule has 0 spiro atoms. The summed E-state index contributed by atoms with van der Waals surface area (Å²) in [6.45, 7) is 0.298. The van der Waals surface area contributed by atoms with Crippen molar-refractivity contribution in [3.63, 3.8) is 0 Å². The normalized spacial score (nSPS) is 12.1. The molecule has 1 unspecified atom stereocenters. The third-order valence-electron chi connectivity index (χ3n) is 4.95. The number of amides is 1. The first-order valence-corrected chi connectivity index (χ1v) is 11.6. The van der Waals surface area contributed by atoms with E-state index in [4.69, 9.17) is 9.47 Å². The number of halogens is 1. The van der Waals surface area contributed by atoms with Crippen LogP contribution < -0.4 is 19.5 Å². The third kappa shape index (κ3) is 6.30. The summed E-state index contributed by atoms with van der Waals surface area (Å²) < 4.78 is 52.6. The van der Waals surface area contributed by atoms with Crippen LogP contribution in [-0.4, -0.2) is 28.5 Å². The van der Waals surface area contributed by atoms with E-state index in [1.807, 2.05) is 30.3 Å². The lowest BCUT2D eigenvalue weighted by atomic mass is 10.0. The molecule has 7 nitrogen and oxygen atoms in total. The maximum Gasteiger partial charge on any atom is 0.241 e. The molecule has 33 heavy (non-hydrogen) atoms. The molecule has 1 atom stereocenters. The van der Waals surface area contributed by atoms with Crippen LogP contribution in [0.15, 0.2) is 77.7 Å². The van der Waals surface area contributed by atoms with Gasteiger partial charge in [0.25, 0.3) is 0 Å². The average molecular weight is 473 g/mol. The number of carbonyl (C=O) groups is 1. The van der Waals surface area contributed by atoms with Crippen LogP contribution in [0.4, 0.5) is 4.39 Å². The second kappa shape index (κ2) is 10.9. The smallest absolute Gasteiger partial charge is 0.241 e. The van der Waals surface area contributed by atoms with Gasteiger partial charge in [-0.1, -0.05) is 42.5 Å². The van der Waals surface area contributed by atoms with Crippen molar-refractivity contribution in [3.8, 4) is 11.5 Å². The summed E-state index contributed by atoms with van der Waals surface area (Å²) in [5, 5.41) is 2.80. The molecule has 0 aliphatic rings. The van der Waals surface area contributed by atoms with E-state index < -0.39 is 21.9 Å². The fourth-order valence-electron chi connectivity index (χ4n) is 3.32.